The monoisotopic (exact) mass is 376 g/mol. The van der Waals surface area contributed by atoms with Gasteiger partial charge in [0.1, 0.15) is 0 Å². The average molecular weight is 377 g/mol. The first-order valence-electron chi connectivity index (χ1n) is 9.90. The summed E-state index contributed by atoms with van der Waals surface area (Å²) in [6, 6.07) is 8.57. The Morgan fingerprint density at radius 3 is 2.85 bits per heavy atom. The van der Waals surface area contributed by atoms with Gasteiger partial charge >= 0.3 is 0 Å². The predicted molar refractivity (Wildman–Crippen MR) is 100 cm³/mol. The lowest BCUT2D eigenvalue weighted by Crippen LogP contribution is -2.42. The van der Waals surface area contributed by atoms with Crippen molar-refractivity contribution >= 4 is 10.0 Å². The van der Waals surface area contributed by atoms with Crippen LogP contribution in [0.4, 0.5) is 0 Å². The molecule has 5 rings (SSSR count). The molecule has 0 unspecified atom stereocenters. The molecule has 142 valence electrons. The Morgan fingerprint density at radius 1 is 1.27 bits per heavy atom. The quantitative estimate of drug-likeness (QED) is 0.826. The normalized spacial score (nSPS) is 36.6. The molecule has 4 atom stereocenters. The van der Waals surface area contributed by atoms with Crippen LogP contribution >= 0.6 is 0 Å². The molecule has 4 aliphatic rings. The van der Waals surface area contributed by atoms with Gasteiger partial charge in [-0.3, -0.25) is 4.90 Å². The molecule has 1 spiro atoms. The molecule has 0 radical (unpaired) electrons. The summed E-state index contributed by atoms with van der Waals surface area (Å²) in [5.74, 6) is 0.770. The number of ether oxygens (including phenoxy) is 1. The van der Waals surface area contributed by atoms with Crippen molar-refractivity contribution < 1.29 is 13.2 Å². The summed E-state index contributed by atoms with van der Waals surface area (Å²) >= 11 is 0. The second-order valence-electron chi connectivity index (χ2n) is 8.72. The number of fused-ring (bicyclic) bond motifs is 1. The lowest BCUT2D eigenvalue weighted by Gasteiger charge is -2.29. The topological polar surface area (TPSA) is 58.6 Å². The molecule has 6 heteroatoms. The minimum Gasteiger partial charge on any atom is -0.370 e. The SMILES string of the molecule is Cc1ccccc1CN1C[C@@H]2[C@H](CNS(=O)(=O)C3CC3)[C@H]3CC[C@]2(C1)O3. The van der Waals surface area contributed by atoms with Crippen molar-refractivity contribution in [1.29, 1.82) is 0 Å². The molecule has 3 heterocycles. The van der Waals surface area contributed by atoms with Gasteiger partial charge in [-0.15, -0.1) is 0 Å². The second kappa shape index (κ2) is 6.03. The third-order valence-electron chi connectivity index (χ3n) is 6.99. The highest BCUT2D eigenvalue weighted by molar-refractivity contribution is 7.90. The Labute approximate surface area is 156 Å². The Hall–Kier alpha value is -0.950. The Kier molecular flexibility index (Phi) is 3.98. The van der Waals surface area contributed by atoms with Crippen LogP contribution in [0.2, 0.25) is 0 Å². The number of nitrogens with zero attached hydrogens (tertiary/aromatic N) is 1. The van der Waals surface area contributed by atoms with Crippen LogP contribution in [-0.4, -0.2) is 49.9 Å². The number of benzene rings is 1. The first kappa shape index (κ1) is 17.2. The van der Waals surface area contributed by atoms with Crippen LogP contribution in [0.25, 0.3) is 0 Å². The van der Waals surface area contributed by atoms with Gasteiger partial charge in [-0.25, -0.2) is 13.1 Å². The fourth-order valence-electron chi connectivity index (χ4n) is 5.42. The van der Waals surface area contributed by atoms with Gasteiger partial charge in [-0.05, 0) is 43.7 Å². The van der Waals surface area contributed by atoms with Crippen molar-refractivity contribution in [2.24, 2.45) is 11.8 Å². The predicted octanol–water partition coefficient (Wildman–Crippen LogP) is 2.06. The van der Waals surface area contributed by atoms with Crippen LogP contribution in [0.5, 0.6) is 0 Å². The summed E-state index contributed by atoms with van der Waals surface area (Å²) in [7, 11) is -3.11. The maximum absolute atomic E-state index is 12.2. The van der Waals surface area contributed by atoms with Gasteiger partial charge in [0, 0.05) is 38.0 Å². The molecule has 1 aromatic carbocycles. The van der Waals surface area contributed by atoms with E-state index in [1.165, 1.54) is 11.1 Å². The number of sulfonamides is 1. The van der Waals surface area contributed by atoms with Crippen molar-refractivity contribution in [3.63, 3.8) is 0 Å². The zero-order valence-electron chi connectivity index (χ0n) is 15.4. The van der Waals surface area contributed by atoms with E-state index in [9.17, 15) is 8.42 Å². The third kappa shape index (κ3) is 2.82. The lowest BCUT2D eigenvalue weighted by molar-refractivity contribution is 0.00218. The fraction of sp³-hybridized carbons (Fsp3) is 0.700. The van der Waals surface area contributed by atoms with E-state index in [-0.39, 0.29) is 17.0 Å². The summed E-state index contributed by atoms with van der Waals surface area (Å²) in [5.41, 5.74) is 2.67. The van der Waals surface area contributed by atoms with Gasteiger partial charge in [0.25, 0.3) is 0 Å². The van der Waals surface area contributed by atoms with E-state index < -0.39 is 10.0 Å². The minimum atomic E-state index is -3.11. The number of rotatable bonds is 6. The lowest BCUT2D eigenvalue weighted by atomic mass is 9.74. The van der Waals surface area contributed by atoms with Gasteiger partial charge in [0.05, 0.1) is 17.0 Å². The smallest absolute Gasteiger partial charge is 0.214 e. The van der Waals surface area contributed by atoms with Gasteiger partial charge in [-0.2, -0.15) is 0 Å². The average Bonchev–Trinajstić information content (AvgIpc) is 3.23. The molecule has 1 N–H and O–H groups in total. The van der Waals surface area contributed by atoms with E-state index in [0.717, 1.165) is 45.3 Å². The molecule has 1 aromatic rings. The first-order valence-corrected chi connectivity index (χ1v) is 11.4. The maximum atomic E-state index is 12.2. The highest BCUT2D eigenvalue weighted by atomic mass is 32.2. The number of hydrogen-bond acceptors (Lipinski definition) is 4. The molecule has 3 saturated heterocycles. The summed E-state index contributed by atoms with van der Waals surface area (Å²) in [5, 5.41) is -0.142. The molecule has 1 aliphatic carbocycles. The molecule has 2 bridgehead atoms. The molecule has 26 heavy (non-hydrogen) atoms. The van der Waals surface area contributed by atoms with E-state index in [0.29, 0.717) is 18.4 Å². The maximum Gasteiger partial charge on any atom is 0.214 e. The number of nitrogens with one attached hydrogen (secondary N) is 1. The van der Waals surface area contributed by atoms with E-state index in [1.54, 1.807) is 0 Å². The van der Waals surface area contributed by atoms with Crippen LogP contribution in [0.15, 0.2) is 24.3 Å². The Bertz CT molecular complexity index is 807. The zero-order valence-corrected chi connectivity index (χ0v) is 16.2. The van der Waals surface area contributed by atoms with Crippen molar-refractivity contribution in [2.75, 3.05) is 19.6 Å². The van der Waals surface area contributed by atoms with E-state index in [1.807, 2.05) is 0 Å². The van der Waals surface area contributed by atoms with Crippen molar-refractivity contribution in [3.8, 4) is 0 Å². The van der Waals surface area contributed by atoms with Crippen molar-refractivity contribution in [3.05, 3.63) is 35.4 Å². The van der Waals surface area contributed by atoms with Crippen LogP contribution in [0.1, 0.15) is 36.8 Å². The van der Waals surface area contributed by atoms with E-state index in [4.69, 9.17) is 4.74 Å². The molecule has 0 aromatic heterocycles. The molecule has 4 fully saturated rings. The van der Waals surface area contributed by atoms with Gasteiger partial charge in [0.2, 0.25) is 10.0 Å². The third-order valence-corrected chi connectivity index (χ3v) is 8.91. The number of hydrogen-bond donors (Lipinski definition) is 1. The van der Waals surface area contributed by atoms with Crippen LogP contribution in [0.3, 0.4) is 0 Å². The summed E-state index contributed by atoms with van der Waals surface area (Å²) in [6.07, 6.45) is 4.07. The van der Waals surface area contributed by atoms with Crippen LogP contribution in [-0.2, 0) is 21.3 Å². The Balaban J connectivity index is 1.28. The van der Waals surface area contributed by atoms with E-state index in [2.05, 4.69) is 40.8 Å². The van der Waals surface area contributed by atoms with Gasteiger partial charge in [-0.1, -0.05) is 24.3 Å². The zero-order chi connectivity index (χ0) is 17.9. The van der Waals surface area contributed by atoms with Gasteiger partial charge < -0.3 is 4.74 Å². The highest BCUT2D eigenvalue weighted by Crippen LogP contribution is 2.54. The summed E-state index contributed by atoms with van der Waals surface area (Å²) in [4.78, 5) is 2.51. The molecule has 0 amide bonds. The van der Waals surface area contributed by atoms with Crippen molar-refractivity contribution in [2.45, 2.75) is 56.1 Å². The molecular formula is C20H28N2O3S. The molecule has 1 saturated carbocycles. The van der Waals surface area contributed by atoms with Crippen molar-refractivity contribution in [1.82, 2.24) is 9.62 Å². The van der Waals surface area contributed by atoms with Crippen LogP contribution < -0.4 is 4.72 Å². The van der Waals surface area contributed by atoms with Gasteiger partial charge in [0.15, 0.2) is 0 Å². The highest BCUT2D eigenvalue weighted by Gasteiger charge is 2.62. The number of likely N-dealkylation sites (tertiary alicyclic amines) is 1. The first-order chi connectivity index (χ1) is 12.5. The Morgan fingerprint density at radius 2 is 2.08 bits per heavy atom. The van der Waals surface area contributed by atoms with Crippen LogP contribution in [0, 0.1) is 18.8 Å². The summed E-state index contributed by atoms with van der Waals surface area (Å²) < 4.78 is 33.8. The molecule has 5 nitrogen and oxygen atoms in total. The second-order valence-corrected chi connectivity index (χ2v) is 10.8. The minimum absolute atomic E-state index is 0.0386. The van der Waals surface area contributed by atoms with E-state index >= 15 is 0 Å². The fourth-order valence-corrected chi connectivity index (χ4v) is 6.83. The summed E-state index contributed by atoms with van der Waals surface area (Å²) in [6.45, 7) is 5.67. The molecule has 3 aliphatic heterocycles. The standard InChI is InChI=1S/C20H28N2O3S/c1-14-4-2-3-5-15(14)11-22-12-18-17(10-21-26(23,24)16-6-7-16)19-8-9-20(18,13-22)25-19/h2-5,16-19,21H,6-13H2,1H3/t17-,18+,19+,20+/m0/s1. The number of aryl methyl sites for hydroxylation is 1. The molecular weight excluding hydrogens is 348 g/mol. The largest absolute Gasteiger partial charge is 0.370 e.